The van der Waals surface area contributed by atoms with Crippen LogP contribution in [0.3, 0.4) is 0 Å². The number of hydrogen-bond acceptors (Lipinski definition) is 6. The van der Waals surface area contributed by atoms with Gasteiger partial charge in [-0.25, -0.2) is 14.4 Å². The Hall–Kier alpha value is -3.20. The quantitative estimate of drug-likeness (QED) is 0.662. The van der Waals surface area contributed by atoms with E-state index in [0.717, 1.165) is 23.5 Å². The lowest BCUT2D eigenvalue weighted by Crippen LogP contribution is -2.56. The number of amides is 1. The van der Waals surface area contributed by atoms with Crippen molar-refractivity contribution in [1.82, 2.24) is 29.6 Å². The van der Waals surface area contributed by atoms with E-state index < -0.39 is 5.82 Å². The summed E-state index contributed by atoms with van der Waals surface area (Å²) in [4.78, 5) is 23.4. The van der Waals surface area contributed by atoms with Gasteiger partial charge in [0.15, 0.2) is 17.5 Å². The van der Waals surface area contributed by atoms with Crippen molar-refractivity contribution in [3.8, 4) is 11.6 Å². The SMILES string of the molecule is Cc1cccc(C(=O)N2[C@H]3COC[C@@H]2c2nnc(-c4ncc(F)cn4)n2C3)c1C. The summed E-state index contributed by atoms with van der Waals surface area (Å²) in [7, 11) is 0. The van der Waals surface area contributed by atoms with Crippen molar-refractivity contribution in [2.24, 2.45) is 0 Å². The Bertz CT molecular complexity index is 1100. The molecule has 0 radical (unpaired) electrons. The van der Waals surface area contributed by atoms with Crippen molar-refractivity contribution in [2.45, 2.75) is 32.5 Å². The van der Waals surface area contributed by atoms with E-state index in [-0.39, 0.29) is 18.0 Å². The highest BCUT2D eigenvalue weighted by Gasteiger charge is 2.44. The van der Waals surface area contributed by atoms with Gasteiger partial charge >= 0.3 is 0 Å². The minimum atomic E-state index is -0.511. The average Bonchev–Trinajstić information content (AvgIpc) is 3.13. The molecule has 1 aromatic carbocycles. The van der Waals surface area contributed by atoms with Gasteiger partial charge in [-0.3, -0.25) is 4.79 Å². The van der Waals surface area contributed by atoms with Crippen LogP contribution >= 0.6 is 0 Å². The largest absolute Gasteiger partial charge is 0.377 e. The maximum atomic E-state index is 13.5. The molecular formula is C20H19FN6O2. The van der Waals surface area contributed by atoms with Crippen LogP contribution in [0.5, 0.6) is 0 Å². The molecule has 0 spiro atoms. The first-order valence-corrected chi connectivity index (χ1v) is 9.42. The molecule has 0 N–H and O–H groups in total. The van der Waals surface area contributed by atoms with Gasteiger partial charge in [-0.1, -0.05) is 12.1 Å². The van der Waals surface area contributed by atoms with E-state index >= 15 is 0 Å². The van der Waals surface area contributed by atoms with Crippen molar-refractivity contribution in [1.29, 1.82) is 0 Å². The first kappa shape index (κ1) is 17.9. The Morgan fingerprint density at radius 1 is 1.17 bits per heavy atom. The fraction of sp³-hybridized carbons (Fsp3) is 0.350. The van der Waals surface area contributed by atoms with Crippen molar-refractivity contribution >= 4 is 5.91 Å². The lowest BCUT2D eigenvalue weighted by atomic mass is 9.98. The van der Waals surface area contributed by atoms with Gasteiger partial charge in [-0.15, -0.1) is 10.2 Å². The number of rotatable bonds is 2. The number of fused-ring (bicyclic) bond motifs is 4. The van der Waals surface area contributed by atoms with Gasteiger partial charge in [-0.2, -0.15) is 0 Å². The van der Waals surface area contributed by atoms with E-state index in [1.165, 1.54) is 0 Å². The molecule has 0 unspecified atom stereocenters. The van der Waals surface area contributed by atoms with Crippen molar-refractivity contribution in [2.75, 3.05) is 13.2 Å². The van der Waals surface area contributed by atoms with Crippen LogP contribution in [0.15, 0.2) is 30.6 Å². The fourth-order valence-electron chi connectivity index (χ4n) is 4.05. The third-order valence-electron chi connectivity index (χ3n) is 5.68. The molecule has 2 aliphatic rings. The zero-order valence-corrected chi connectivity index (χ0v) is 16.0. The normalized spacial score (nSPS) is 20.4. The maximum absolute atomic E-state index is 13.5. The van der Waals surface area contributed by atoms with Crippen LogP contribution in [-0.4, -0.2) is 54.8 Å². The molecule has 4 heterocycles. The molecule has 2 aromatic heterocycles. The van der Waals surface area contributed by atoms with Crippen LogP contribution in [0, 0.1) is 19.7 Å². The first-order valence-electron chi connectivity index (χ1n) is 9.42. The predicted molar refractivity (Wildman–Crippen MR) is 100 cm³/mol. The minimum absolute atomic E-state index is 0.0293. The van der Waals surface area contributed by atoms with Gasteiger partial charge < -0.3 is 14.2 Å². The van der Waals surface area contributed by atoms with E-state index in [1.807, 2.05) is 41.5 Å². The second-order valence-corrected chi connectivity index (χ2v) is 7.38. The Morgan fingerprint density at radius 2 is 1.97 bits per heavy atom. The number of benzene rings is 1. The summed E-state index contributed by atoms with van der Waals surface area (Å²) in [6, 6.07) is 5.24. The number of hydrogen-bond donors (Lipinski definition) is 0. The molecule has 0 saturated carbocycles. The number of aryl methyl sites for hydroxylation is 1. The minimum Gasteiger partial charge on any atom is -0.377 e. The van der Waals surface area contributed by atoms with Gasteiger partial charge in [0, 0.05) is 12.1 Å². The summed E-state index contributed by atoms with van der Waals surface area (Å²) in [5.74, 6) is 0.859. The second-order valence-electron chi connectivity index (χ2n) is 7.38. The summed E-state index contributed by atoms with van der Waals surface area (Å²) >= 11 is 0. The number of ether oxygens (including phenoxy) is 1. The van der Waals surface area contributed by atoms with Crippen molar-refractivity contribution in [3.05, 3.63) is 58.9 Å². The highest BCUT2D eigenvalue weighted by molar-refractivity contribution is 5.96. The number of nitrogens with zero attached hydrogens (tertiary/aromatic N) is 6. The smallest absolute Gasteiger partial charge is 0.255 e. The lowest BCUT2D eigenvalue weighted by molar-refractivity contribution is -0.0569. The molecule has 5 rings (SSSR count). The summed E-state index contributed by atoms with van der Waals surface area (Å²) < 4.78 is 20.8. The molecule has 9 heteroatoms. The van der Waals surface area contributed by atoms with Gasteiger partial charge in [-0.05, 0) is 31.0 Å². The molecule has 2 atom stereocenters. The highest BCUT2D eigenvalue weighted by Crippen LogP contribution is 2.35. The molecule has 8 nitrogen and oxygen atoms in total. The first-order chi connectivity index (χ1) is 14.0. The van der Waals surface area contributed by atoms with E-state index in [2.05, 4.69) is 20.2 Å². The van der Waals surface area contributed by atoms with Gasteiger partial charge in [0.05, 0.1) is 31.6 Å². The number of halogens is 1. The van der Waals surface area contributed by atoms with E-state index in [4.69, 9.17) is 4.74 Å². The molecule has 148 valence electrons. The Morgan fingerprint density at radius 3 is 2.76 bits per heavy atom. The van der Waals surface area contributed by atoms with Crippen LogP contribution in [0.2, 0.25) is 0 Å². The zero-order valence-electron chi connectivity index (χ0n) is 16.0. The van der Waals surface area contributed by atoms with Crippen molar-refractivity contribution in [3.63, 3.8) is 0 Å². The molecule has 1 saturated heterocycles. The number of aromatic nitrogens is 5. The van der Waals surface area contributed by atoms with Gasteiger partial charge in [0.2, 0.25) is 5.82 Å². The molecule has 1 fully saturated rings. The highest BCUT2D eigenvalue weighted by atomic mass is 19.1. The molecule has 2 bridgehead atoms. The molecule has 29 heavy (non-hydrogen) atoms. The molecular weight excluding hydrogens is 375 g/mol. The summed E-state index contributed by atoms with van der Waals surface area (Å²) in [5, 5.41) is 8.54. The average molecular weight is 394 g/mol. The van der Waals surface area contributed by atoms with Crippen LogP contribution in [0.1, 0.15) is 33.4 Å². The monoisotopic (exact) mass is 394 g/mol. The van der Waals surface area contributed by atoms with E-state index in [1.54, 1.807) is 0 Å². The Kier molecular flexibility index (Phi) is 4.13. The topological polar surface area (TPSA) is 86.0 Å². The van der Waals surface area contributed by atoms with Gasteiger partial charge in [0.1, 0.15) is 6.04 Å². The van der Waals surface area contributed by atoms with Crippen LogP contribution in [0.25, 0.3) is 11.6 Å². The summed E-state index contributed by atoms with van der Waals surface area (Å²) in [5.41, 5.74) is 2.74. The Labute approximate surface area is 166 Å². The van der Waals surface area contributed by atoms with Gasteiger partial charge in [0.25, 0.3) is 5.91 Å². The van der Waals surface area contributed by atoms with Crippen LogP contribution in [-0.2, 0) is 11.3 Å². The number of carbonyl (C=O) groups is 1. The fourth-order valence-corrected chi connectivity index (χ4v) is 4.05. The maximum Gasteiger partial charge on any atom is 0.255 e. The molecule has 2 aliphatic heterocycles. The molecule has 3 aromatic rings. The number of morpholine rings is 1. The lowest BCUT2D eigenvalue weighted by Gasteiger charge is -2.45. The van der Waals surface area contributed by atoms with Crippen LogP contribution < -0.4 is 0 Å². The summed E-state index contributed by atoms with van der Waals surface area (Å²) in [6.07, 6.45) is 2.21. The third kappa shape index (κ3) is 2.80. The van der Waals surface area contributed by atoms with E-state index in [0.29, 0.717) is 42.8 Å². The standard InChI is InChI=1S/C20H19FN6O2/c1-11-4-3-5-15(12(11)2)20(28)27-14-8-26-18(16(27)10-29-9-14)24-25-19(26)17-22-6-13(21)7-23-17/h3-7,14,16H,8-10H2,1-2H3/t14-,16-/m1/s1. The third-order valence-corrected chi connectivity index (χ3v) is 5.68. The summed E-state index contributed by atoms with van der Waals surface area (Å²) in [6.45, 7) is 5.19. The molecule has 1 amide bonds. The Balaban J connectivity index is 1.55. The zero-order chi connectivity index (χ0) is 20.1. The number of carbonyl (C=O) groups excluding carboxylic acids is 1. The van der Waals surface area contributed by atoms with E-state index in [9.17, 15) is 9.18 Å². The second kappa shape index (κ2) is 6.70. The van der Waals surface area contributed by atoms with Crippen LogP contribution in [0.4, 0.5) is 4.39 Å². The predicted octanol–water partition coefficient (Wildman–Crippen LogP) is 2.09. The molecule has 0 aliphatic carbocycles. The van der Waals surface area contributed by atoms with Crippen molar-refractivity contribution < 1.29 is 13.9 Å².